The minimum absolute atomic E-state index is 0.135. The molecule has 0 aliphatic carbocycles. The van der Waals surface area contributed by atoms with Crippen molar-refractivity contribution in [1.82, 2.24) is 0 Å². The minimum Gasteiger partial charge on any atom is -0.204 e. The molecule has 2 aromatic carbocycles. The quantitative estimate of drug-likeness (QED) is 0.695. The van der Waals surface area contributed by atoms with E-state index in [1.165, 1.54) is 5.56 Å². The lowest BCUT2D eigenvalue weighted by molar-refractivity contribution is 0.495. The van der Waals surface area contributed by atoms with E-state index in [9.17, 15) is 8.78 Å². The largest absolute Gasteiger partial charge is 0.204 e. The molecule has 2 aromatic rings. The maximum Gasteiger partial charge on any atom is 0.162 e. The Balaban J connectivity index is 2.26. The Morgan fingerprint density at radius 1 is 1.11 bits per heavy atom. The molecule has 19 heavy (non-hydrogen) atoms. The fraction of sp³-hybridized carbons (Fsp3) is 0.250. The standard InChI is InChI=1S/C16H15BrF2/c1-11-4-2-5-12(8-11)14(10-17)9-13-6-3-7-15(18)16(13)19/h2-8,14H,9-10H2,1H3. The fourth-order valence-corrected chi connectivity index (χ4v) is 2.76. The lowest BCUT2D eigenvalue weighted by atomic mass is 9.92. The first-order valence-corrected chi connectivity index (χ1v) is 7.29. The summed E-state index contributed by atoms with van der Waals surface area (Å²) in [5, 5.41) is 0.715. The van der Waals surface area contributed by atoms with Crippen molar-refractivity contribution in [3.8, 4) is 0 Å². The van der Waals surface area contributed by atoms with E-state index in [1.54, 1.807) is 12.1 Å². The Labute approximate surface area is 120 Å². The molecule has 3 heteroatoms. The third-order valence-electron chi connectivity index (χ3n) is 3.20. The van der Waals surface area contributed by atoms with Gasteiger partial charge in [0.15, 0.2) is 11.6 Å². The van der Waals surface area contributed by atoms with Crippen LogP contribution >= 0.6 is 15.9 Å². The third kappa shape index (κ3) is 3.41. The predicted molar refractivity (Wildman–Crippen MR) is 77.8 cm³/mol. The Morgan fingerprint density at radius 2 is 1.84 bits per heavy atom. The van der Waals surface area contributed by atoms with Crippen molar-refractivity contribution in [2.75, 3.05) is 5.33 Å². The highest BCUT2D eigenvalue weighted by Crippen LogP contribution is 2.25. The van der Waals surface area contributed by atoms with Crippen LogP contribution in [0.5, 0.6) is 0 Å². The second-order valence-corrected chi connectivity index (χ2v) is 5.33. The molecule has 0 spiro atoms. The van der Waals surface area contributed by atoms with E-state index in [0.717, 1.165) is 11.6 Å². The lowest BCUT2D eigenvalue weighted by Gasteiger charge is -2.16. The van der Waals surface area contributed by atoms with Crippen molar-refractivity contribution >= 4 is 15.9 Å². The normalized spacial score (nSPS) is 12.4. The zero-order valence-electron chi connectivity index (χ0n) is 10.7. The van der Waals surface area contributed by atoms with Gasteiger partial charge in [0, 0.05) is 5.33 Å². The summed E-state index contributed by atoms with van der Waals surface area (Å²) in [5.41, 5.74) is 2.73. The SMILES string of the molecule is Cc1cccc(C(CBr)Cc2cccc(F)c2F)c1. The maximum atomic E-state index is 13.7. The van der Waals surface area contributed by atoms with Crippen molar-refractivity contribution < 1.29 is 8.78 Å². The molecule has 1 atom stereocenters. The van der Waals surface area contributed by atoms with Crippen LogP contribution in [0.15, 0.2) is 42.5 Å². The van der Waals surface area contributed by atoms with Gasteiger partial charge in [-0.3, -0.25) is 0 Å². The summed E-state index contributed by atoms with van der Waals surface area (Å²) in [7, 11) is 0. The number of halogens is 3. The predicted octanol–water partition coefficient (Wildman–Crippen LogP) is 4.99. The van der Waals surface area contributed by atoms with Crippen molar-refractivity contribution in [3.05, 3.63) is 70.8 Å². The van der Waals surface area contributed by atoms with Crippen LogP contribution in [0.1, 0.15) is 22.6 Å². The van der Waals surface area contributed by atoms with Crippen LogP contribution in [0.25, 0.3) is 0 Å². The van der Waals surface area contributed by atoms with Crippen LogP contribution in [0, 0.1) is 18.6 Å². The highest BCUT2D eigenvalue weighted by Gasteiger charge is 2.15. The second-order valence-electron chi connectivity index (χ2n) is 4.68. The van der Waals surface area contributed by atoms with Crippen molar-refractivity contribution in [2.45, 2.75) is 19.3 Å². The van der Waals surface area contributed by atoms with Gasteiger partial charge in [-0.25, -0.2) is 8.78 Å². The molecule has 1 unspecified atom stereocenters. The van der Waals surface area contributed by atoms with E-state index >= 15 is 0 Å². The van der Waals surface area contributed by atoms with E-state index in [4.69, 9.17) is 0 Å². The Morgan fingerprint density at radius 3 is 2.53 bits per heavy atom. The molecule has 2 rings (SSSR count). The molecule has 0 N–H and O–H groups in total. The molecule has 0 fully saturated rings. The molecular formula is C16H15BrF2. The Bertz CT molecular complexity index is 566. The van der Waals surface area contributed by atoms with Crippen molar-refractivity contribution in [3.63, 3.8) is 0 Å². The highest BCUT2D eigenvalue weighted by molar-refractivity contribution is 9.09. The zero-order chi connectivity index (χ0) is 13.8. The molecule has 0 nitrogen and oxygen atoms in total. The number of benzene rings is 2. The summed E-state index contributed by atoms with van der Waals surface area (Å²) < 4.78 is 26.9. The lowest BCUT2D eigenvalue weighted by Crippen LogP contribution is -2.07. The first-order valence-electron chi connectivity index (χ1n) is 6.17. The molecule has 0 saturated carbocycles. The van der Waals surface area contributed by atoms with E-state index in [-0.39, 0.29) is 5.92 Å². The first-order chi connectivity index (χ1) is 9.11. The molecule has 0 aromatic heterocycles. The summed E-state index contributed by atoms with van der Waals surface area (Å²) in [6, 6.07) is 12.5. The van der Waals surface area contributed by atoms with Gasteiger partial charge in [-0.1, -0.05) is 57.9 Å². The average molecular weight is 325 g/mol. The zero-order valence-corrected chi connectivity index (χ0v) is 12.3. The monoisotopic (exact) mass is 324 g/mol. The van der Waals surface area contributed by atoms with Gasteiger partial charge in [-0.15, -0.1) is 0 Å². The minimum atomic E-state index is -0.782. The fourth-order valence-electron chi connectivity index (χ4n) is 2.16. The van der Waals surface area contributed by atoms with Crippen LogP contribution in [-0.4, -0.2) is 5.33 Å². The van der Waals surface area contributed by atoms with Crippen LogP contribution < -0.4 is 0 Å². The van der Waals surface area contributed by atoms with Gasteiger partial charge in [0.25, 0.3) is 0 Å². The average Bonchev–Trinajstić information content (AvgIpc) is 2.40. The van der Waals surface area contributed by atoms with Gasteiger partial charge < -0.3 is 0 Å². The van der Waals surface area contributed by atoms with Crippen LogP contribution in [0.4, 0.5) is 8.78 Å². The number of alkyl halides is 1. The van der Waals surface area contributed by atoms with Gasteiger partial charge in [-0.05, 0) is 36.5 Å². The van der Waals surface area contributed by atoms with Crippen molar-refractivity contribution in [1.29, 1.82) is 0 Å². The highest BCUT2D eigenvalue weighted by atomic mass is 79.9. The molecule has 0 heterocycles. The summed E-state index contributed by atoms with van der Waals surface area (Å²) in [5.74, 6) is -1.38. The molecule has 0 saturated heterocycles. The smallest absolute Gasteiger partial charge is 0.162 e. The third-order valence-corrected chi connectivity index (χ3v) is 3.98. The van der Waals surface area contributed by atoms with Gasteiger partial charge in [0.1, 0.15) is 0 Å². The van der Waals surface area contributed by atoms with Crippen LogP contribution in [0.3, 0.4) is 0 Å². The Kier molecular flexibility index (Phi) is 4.70. The molecule has 0 bridgehead atoms. The number of aryl methyl sites for hydroxylation is 1. The number of rotatable bonds is 4. The molecular weight excluding hydrogens is 310 g/mol. The van der Waals surface area contributed by atoms with Crippen LogP contribution in [0.2, 0.25) is 0 Å². The summed E-state index contributed by atoms with van der Waals surface area (Å²) in [6.07, 6.45) is 0.484. The summed E-state index contributed by atoms with van der Waals surface area (Å²) >= 11 is 3.46. The first kappa shape index (κ1) is 14.2. The number of hydrogen-bond donors (Lipinski definition) is 0. The topological polar surface area (TPSA) is 0 Å². The van der Waals surface area contributed by atoms with E-state index in [2.05, 4.69) is 22.0 Å². The molecule has 100 valence electrons. The van der Waals surface area contributed by atoms with Gasteiger partial charge in [0.2, 0.25) is 0 Å². The van der Waals surface area contributed by atoms with E-state index < -0.39 is 11.6 Å². The molecule has 0 aliphatic rings. The molecule has 0 amide bonds. The van der Waals surface area contributed by atoms with Gasteiger partial charge in [-0.2, -0.15) is 0 Å². The van der Waals surface area contributed by atoms with Crippen LogP contribution in [-0.2, 0) is 6.42 Å². The maximum absolute atomic E-state index is 13.7. The van der Waals surface area contributed by atoms with Gasteiger partial charge in [0.05, 0.1) is 0 Å². The van der Waals surface area contributed by atoms with E-state index in [1.807, 2.05) is 25.1 Å². The summed E-state index contributed by atoms with van der Waals surface area (Å²) in [6.45, 7) is 2.03. The number of hydrogen-bond acceptors (Lipinski definition) is 0. The van der Waals surface area contributed by atoms with E-state index in [0.29, 0.717) is 17.3 Å². The van der Waals surface area contributed by atoms with Crippen molar-refractivity contribution in [2.24, 2.45) is 0 Å². The second kappa shape index (κ2) is 6.29. The molecule has 0 radical (unpaired) electrons. The summed E-state index contributed by atoms with van der Waals surface area (Å²) in [4.78, 5) is 0. The Hall–Kier alpha value is -1.22. The molecule has 0 aliphatic heterocycles. The van der Waals surface area contributed by atoms with Gasteiger partial charge >= 0.3 is 0 Å².